The maximum absolute atomic E-state index is 6.04. The van der Waals surface area contributed by atoms with Crippen LogP contribution >= 0.6 is 23.4 Å². The minimum absolute atomic E-state index is 0.547. The number of nitrogens with zero attached hydrogens (tertiary/aromatic N) is 1. The zero-order chi connectivity index (χ0) is 12.0. The highest BCUT2D eigenvalue weighted by atomic mass is 35.5. The number of nitrogens with one attached hydrogen (secondary N) is 1. The Kier molecular flexibility index (Phi) is 6.17. The summed E-state index contributed by atoms with van der Waals surface area (Å²) in [5, 5.41) is 5.11. The minimum Gasteiger partial charge on any atom is -0.314 e. The van der Waals surface area contributed by atoms with Crippen LogP contribution in [0.15, 0.2) is 23.4 Å². The summed E-state index contributed by atoms with van der Waals surface area (Å²) in [5.41, 5.74) is 0. The molecule has 0 aliphatic heterocycles. The maximum Gasteiger partial charge on any atom is 0.115 e. The number of rotatable bonds is 6. The monoisotopic (exact) mass is 258 g/mol. The molecule has 2 nitrogen and oxygen atoms in total. The lowest BCUT2D eigenvalue weighted by atomic mass is 10.2. The summed E-state index contributed by atoms with van der Waals surface area (Å²) in [6, 6.07) is 4.29. The third-order valence-corrected chi connectivity index (χ3v) is 3.86. The molecule has 16 heavy (non-hydrogen) atoms. The van der Waals surface area contributed by atoms with Crippen LogP contribution in [-0.4, -0.2) is 23.3 Å². The number of pyridine rings is 1. The van der Waals surface area contributed by atoms with Gasteiger partial charge < -0.3 is 5.32 Å². The van der Waals surface area contributed by atoms with Gasteiger partial charge in [0.15, 0.2) is 0 Å². The Bertz CT molecular complexity index is 318. The van der Waals surface area contributed by atoms with Crippen molar-refractivity contribution in [2.24, 2.45) is 5.92 Å². The Labute approximate surface area is 107 Å². The molecule has 0 bridgehead atoms. The fourth-order valence-corrected chi connectivity index (χ4v) is 2.38. The molecule has 1 unspecified atom stereocenters. The summed E-state index contributed by atoms with van der Waals surface area (Å²) in [6.07, 6.45) is 1.78. The summed E-state index contributed by atoms with van der Waals surface area (Å²) in [5.74, 6) is 1.65. The van der Waals surface area contributed by atoms with E-state index in [0.717, 1.165) is 22.3 Å². The quantitative estimate of drug-likeness (QED) is 0.791. The highest BCUT2D eigenvalue weighted by Gasteiger charge is 2.06. The van der Waals surface area contributed by atoms with Crippen molar-refractivity contribution in [2.75, 3.05) is 12.3 Å². The van der Waals surface area contributed by atoms with Gasteiger partial charge in [0.2, 0.25) is 0 Å². The van der Waals surface area contributed by atoms with Gasteiger partial charge in [-0.25, -0.2) is 4.98 Å². The number of halogens is 1. The predicted octanol–water partition coefficient (Wildman–Crippen LogP) is 3.46. The van der Waals surface area contributed by atoms with E-state index in [4.69, 9.17) is 11.6 Å². The van der Waals surface area contributed by atoms with Crippen molar-refractivity contribution in [1.82, 2.24) is 10.3 Å². The van der Waals surface area contributed by atoms with Gasteiger partial charge in [-0.2, -0.15) is 0 Å². The van der Waals surface area contributed by atoms with Gasteiger partial charge in [-0.05, 0) is 24.6 Å². The van der Waals surface area contributed by atoms with E-state index in [2.05, 4.69) is 31.1 Å². The van der Waals surface area contributed by atoms with Crippen molar-refractivity contribution in [3.8, 4) is 0 Å². The molecule has 0 aliphatic rings. The van der Waals surface area contributed by atoms with E-state index in [1.165, 1.54) is 0 Å². The van der Waals surface area contributed by atoms with Gasteiger partial charge in [0, 0.05) is 18.0 Å². The molecule has 0 amide bonds. The van der Waals surface area contributed by atoms with Crippen LogP contribution in [-0.2, 0) is 0 Å². The van der Waals surface area contributed by atoms with Crippen LogP contribution in [0.5, 0.6) is 0 Å². The highest BCUT2D eigenvalue weighted by Crippen LogP contribution is 2.25. The van der Waals surface area contributed by atoms with Crippen molar-refractivity contribution < 1.29 is 0 Å². The second kappa shape index (κ2) is 7.15. The second-order valence-electron chi connectivity index (χ2n) is 4.27. The largest absolute Gasteiger partial charge is 0.314 e. The number of hydrogen-bond donors (Lipinski definition) is 1. The number of thioether (sulfide) groups is 1. The third-order valence-electron chi connectivity index (χ3n) is 2.10. The topological polar surface area (TPSA) is 24.9 Å². The van der Waals surface area contributed by atoms with Crippen molar-refractivity contribution in [1.29, 1.82) is 0 Å². The first-order valence-corrected chi connectivity index (χ1v) is 6.92. The van der Waals surface area contributed by atoms with Gasteiger partial charge in [0.1, 0.15) is 5.03 Å². The van der Waals surface area contributed by atoms with Gasteiger partial charge in [-0.15, -0.1) is 11.8 Å². The lowest BCUT2D eigenvalue weighted by Crippen LogP contribution is -2.28. The van der Waals surface area contributed by atoms with E-state index in [1.807, 2.05) is 12.1 Å². The van der Waals surface area contributed by atoms with E-state index in [9.17, 15) is 0 Å². The van der Waals surface area contributed by atoms with E-state index >= 15 is 0 Å². The molecule has 90 valence electrons. The standard InChI is InChI=1S/C12H19ClN2S/c1-9(2)15-7-10(3)8-16-12-11(13)5-4-6-14-12/h4-6,9-10,15H,7-8H2,1-3H3. The zero-order valence-corrected chi connectivity index (χ0v) is 11.6. The first-order chi connectivity index (χ1) is 7.59. The van der Waals surface area contributed by atoms with Crippen molar-refractivity contribution >= 4 is 23.4 Å². The Morgan fingerprint density at radius 2 is 2.19 bits per heavy atom. The Morgan fingerprint density at radius 1 is 1.44 bits per heavy atom. The minimum atomic E-state index is 0.547. The summed E-state index contributed by atoms with van der Waals surface area (Å²) in [4.78, 5) is 4.26. The molecule has 1 aromatic heterocycles. The number of hydrogen-bond acceptors (Lipinski definition) is 3. The lowest BCUT2D eigenvalue weighted by Gasteiger charge is -2.14. The molecular formula is C12H19ClN2S. The molecule has 1 N–H and O–H groups in total. The Balaban J connectivity index is 2.31. The molecule has 0 saturated carbocycles. The summed E-state index contributed by atoms with van der Waals surface area (Å²) >= 11 is 7.76. The highest BCUT2D eigenvalue weighted by molar-refractivity contribution is 7.99. The molecule has 1 rings (SSSR count). The molecule has 0 saturated heterocycles. The van der Waals surface area contributed by atoms with Gasteiger partial charge in [0.25, 0.3) is 0 Å². The van der Waals surface area contributed by atoms with Gasteiger partial charge in [0.05, 0.1) is 5.02 Å². The molecular weight excluding hydrogens is 240 g/mol. The van der Waals surface area contributed by atoms with Gasteiger partial charge in [-0.1, -0.05) is 32.4 Å². The SMILES string of the molecule is CC(CNC(C)C)CSc1ncccc1Cl. The molecule has 0 aliphatic carbocycles. The van der Waals surface area contributed by atoms with Crippen LogP contribution < -0.4 is 5.32 Å². The van der Waals surface area contributed by atoms with Crippen LogP contribution in [0.3, 0.4) is 0 Å². The van der Waals surface area contributed by atoms with Gasteiger partial charge in [-0.3, -0.25) is 0 Å². The maximum atomic E-state index is 6.04. The van der Waals surface area contributed by atoms with Crippen molar-refractivity contribution in [2.45, 2.75) is 31.8 Å². The first-order valence-electron chi connectivity index (χ1n) is 5.56. The third kappa shape index (κ3) is 5.19. The summed E-state index contributed by atoms with van der Waals surface area (Å²) in [7, 11) is 0. The summed E-state index contributed by atoms with van der Waals surface area (Å²) in [6.45, 7) is 7.60. The fraction of sp³-hybridized carbons (Fsp3) is 0.583. The molecule has 1 atom stereocenters. The molecule has 0 spiro atoms. The summed E-state index contributed by atoms with van der Waals surface area (Å²) < 4.78 is 0. The number of aromatic nitrogens is 1. The molecule has 1 heterocycles. The molecule has 0 aromatic carbocycles. The smallest absolute Gasteiger partial charge is 0.115 e. The van der Waals surface area contributed by atoms with Crippen molar-refractivity contribution in [3.63, 3.8) is 0 Å². The van der Waals surface area contributed by atoms with Crippen LogP contribution in [0, 0.1) is 5.92 Å². The van der Waals surface area contributed by atoms with Crippen LogP contribution in [0.25, 0.3) is 0 Å². The first kappa shape index (κ1) is 13.8. The molecule has 1 aromatic rings. The molecule has 4 heteroatoms. The van der Waals surface area contributed by atoms with Crippen molar-refractivity contribution in [3.05, 3.63) is 23.4 Å². The molecule has 0 radical (unpaired) electrons. The normalized spacial score (nSPS) is 13.1. The zero-order valence-electron chi connectivity index (χ0n) is 10.0. The lowest BCUT2D eigenvalue weighted by molar-refractivity contribution is 0.510. The van der Waals surface area contributed by atoms with Crippen LogP contribution in [0.1, 0.15) is 20.8 Å². The second-order valence-corrected chi connectivity index (χ2v) is 5.69. The fourth-order valence-electron chi connectivity index (χ4n) is 1.19. The Morgan fingerprint density at radius 3 is 2.81 bits per heavy atom. The average Bonchev–Trinajstić information content (AvgIpc) is 2.25. The van der Waals surface area contributed by atoms with E-state index in [0.29, 0.717) is 12.0 Å². The van der Waals surface area contributed by atoms with Crippen LogP contribution in [0.2, 0.25) is 5.02 Å². The van der Waals surface area contributed by atoms with E-state index < -0.39 is 0 Å². The Hall–Kier alpha value is -0.250. The molecule has 0 fully saturated rings. The average molecular weight is 259 g/mol. The van der Waals surface area contributed by atoms with Crippen LogP contribution in [0.4, 0.5) is 0 Å². The predicted molar refractivity (Wildman–Crippen MR) is 72.3 cm³/mol. The van der Waals surface area contributed by atoms with Gasteiger partial charge >= 0.3 is 0 Å². The van der Waals surface area contributed by atoms with E-state index in [-0.39, 0.29) is 0 Å². The van der Waals surface area contributed by atoms with E-state index in [1.54, 1.807) is 18.0 Å².